The summed E-state index contributed by atoms with van der Waals surface area (Å²) in [5.74, 6) is -0.379. The minimum Gasteiger partial charge on any atom is -0.464 e. The largest absolute Gasteiger partial charge is 0.464 e. The maximum Gasteiger partial charge on any atom is 0.357 e. The summed E-state index contributed by atoms with van der Waals surface area (Å²) in [6.45, 7) is 5.90. The number of anilines is 1. The molecule has 1 aromatic heterocycles. The Morgan fingerprint density at radius 2 is 2.21 bits per heavy atom. The Balaban J connectivity index is 2.87. The highest BCUT2D eigenvalue weighted by Gasteiger charge is 2.15. The van der Waals surface area contributed by atoms with E-state index in [1.54, 1.807) is 0 Å². The van der Waals surface area contributed by atoms with Crippen LogP contribution in [0.15, 0.2) is 0 Å². The van der Waals surface area contributed by atoms with Crippen LogP contribution < -0.4 is 5.32 Å². The molecule has 0 atom stereocenters. The SMILES string of the molecule is COC(=O)c1nc(NC(C)C)sc1C. The van der Waals surface area contributed by atoms with E-state index in [9.17, 15) is 4.79 Å². The van der Waals surface area contributed by atoms with Gasteiger partial charge in [-0.3, -0.25) is 0 Å². The normalized spacial score (nSPS) is 10.4. The first-order chi connectivity index (χ1) is 6.54. The average Bonchev–Trinajstić information content (AvgIpc) is 2.44. The first-order valence-corrected chi connectivity index (χ1v) is 5.18. The van der Waals surface area contributed by atoms with Gasteiger partial charge in [-0.05, 0) is 20.8 Å². The number of methoxy groups -OCH3 is 1. The molecule has 14 heavy (non-hydrogen) atoms. The van der Waals surface area contributed by atoms with Crippen molar-refractivity contribution in [1.29, 1.82) is 0 Å². The third kappa shape index (κ3) is 2.45. The van der Waals surface area contributed by atoms with Crippen LogP contribution in [-0.4, -0.2) is 24.1 Å². The van der Waals surface area contributed by atoms with E-state index in [1.807, 2.05) is 20.8 Å². The van der Waals surface area contributed by atoms with Crippen molar-refractivity contribution in [2.45, 2.75) is 26.8 Å². The number of nitrogens with one attached hydrogen (secondary N) is 1. The molecule has 0 saturated carbocycles. The summed E-state index contributed by atoms with van der Waals surface area (Å²) in [7, 11) is 1.36. The fourth-order valence-electron chi connectivity index (χ4n) is 0.991. The molecule has 1 N–H and O–H groups in total. The van der Waals surface area contributed by atoms with Crippen LogP contribution in [0.3, 0.4) is 0 Å². The van der Waals surface area contributed by atoms with Crippen LogP contribution in [0.25, 0.3) is 0 Å². The summed E-state index contributed by atoms with van der Waals surface area (Å²) in [6, 6.07) is 0.311. The topological polar surface area (TPSA) is 51.2 Å². The molecule has 0 fully saturated rings. The number of hydrogen-bond acceptors (Lipinski definition) is 5. The van der Waals surface area contributed by atoms with Gasteiger partial charge in [0.2, 0.25) is 0 Å². The van der Waals surface area contributed by atoms with E-state index in [2.05, 4.69) is 15.0 Å². The molecule has 0 unspecified atom stereocenters. The second-order valence-corrected chi connectivity index (χ2v) is 4.42. The number of thiazole rings is 1. The number of ether oxygens (including phenoxy) is 1. The number of hydrogen-bond donors (Lipinski definition) is 1. The fourth-order valence-corrected chi connectivity index (χ4v) is 1.94. The predicted molar refractivity (Wildman–Crippen MR) is 56.9 cm³/mol. The quantitative estimate of drug-likeness (QED) is 0.782. The van der Waals surface area contributed by atoms with Crippen molar-refractivity contribution in [2.24, 2.45) is 0 Å². The van der Waals surface area contributed by atoms with Gasteiger partial charge in [0.1, 0.15) is 0 Å². The lowest BCUT2D eigenvalue weighted by Crippen LogP contribution is -2.10. The van der Waals surface area contributed by atoms with Crippen molar-refractivity contribution in [1.82, 2.24) is 4.98 Å². The van der Waals surface area contributed by atoms with Crippen molar-refractivity contribution in [3.05, 3.63) is 10.6 Å². The van der Waals surface area contributed by atoms with Gasteiger partial charge in [0.15, 0.2) is 10.8 Å². The molecule has 0 amide bonds. The van der Waals surface area contributed by atoms with Crippen LogP contribution in [0.1, 0.15) is 29.2 Å². The van der Waals surface area contributed by atoms with Crippen LogP contribution in [0.5, 0.6) is 0 Å². The minimum absolute atomic E-state index is 0.311. The summed E-state index contributed by atoms with van der Waals surface area (Å²) >= 11 is 1.46. The number of nitrogens with zero attached hydrogens (tertiary/aromatic N) is 1. The minimum atomic E-state index is -0.379. The Hall–Kier alpha value is -1.10. The van der Waals surface area contributed by atoms with Crippen molar-refractivity contribution in [3.8, 4) is 0 Å². The zero-order chi connectivity index (χ0) is 10.7. The number of carbonyl (C=O) groups excluding carboxylic acids is 1. The summed E-state index contributed by atoms with van der Waals surface area (Å²) in [5, 5.41) is 3.91. The maximum absolute atomic E-state index is 11.2. The molecule has 78 valence electrons. The van der Waals surface area contributed by atoms with Crippen LogP contribution in [0.2, 0.25) is 0 Å². The highest BCUT2D eigenvalue weighted by molar-refractivity contribution is 7.15. The van der Waals surface area contributed by atoms with E-state index in [4.69, 9.17) is 0 Å². The van der Waals surface area contributed by atoms with Gasteiger partial charge in [-0.15, -0.1) is 11.3 Å². The van der Waals surface area contributed by atoms with Crippen LogP contribution in [0, 0.1) is 6.92 Å². The summed E-state index contributed by atoms with van der Waals surface area (Å²) in [5.41, 5.74) is 0.403. The molecule has 0 aliphatic heterocycles. The van der Waals surface area contributed by atoms with E-state index in [1.165, 1.54) is 18.4 Å². The van der Waals surface area contributed by atoms with Gasteiger partial charge in [0, 0.05) is 10.9 Å². The van der Waals surface area contributed by atoms with Gasteiger partial charge in [-0.1, -0.05) is 0 Å². The molecule has 0 aliphatic rings. The van der Waals surface area contributed by atoms with Crippen LogP contribution in [0.4, 0.5) is 5.13 Å². The van der Waals surface area contributed by atoms with Gasteiger partial charge in [-0.25, -0.2) is 9.78 Å². The van der Waals surface area contributed by atoms with Crippen molar-refractivity contribution in [2.75, 3.05) is 12.4 Å². The molecule has 0 radical (unpaired) electrons. The maximum atomic E-state index is 11.2. The van der Waals surface area contributed by atoms with Crippen molar-refractivity contribution in [3.63, 3.8) is 0 Å². The zero-order valence-electron chi connectivity index (χ0n) is 8.75. The molecule has 1 rings (SSSR count). The van der Waals surface area contributed by atoms with E-state index in [-0.39, 0.29) is 5.97 Å². The van der Waals surface area contributed by atoms with Gasteiger partial charge in [-0.2, -0.15) is 0 Å². The lowest BCUT2D eigenvalue weighted by atomic mass is 10.4. The Labute approximate surface area is 87.3 Å². The number of rotatable bonds is 3. The predicted octanol–water partition coefficient (Wildman–Crippen LogP) is 2.06. The van der Waals surface area contributed by atoms with Gasteiger partial charge in [0.05, 0.1) is 7.11 Å². The Morgan fingerprint density at radius 1 is 1.57 bits per heavy atom. The molecule has 5 heteroatoms. The highest BCUT2D eigenvalue weighted by atomic mass is 32.1. The number of aryl methyl sites for hydroxylation is 1. The molecule has 0 saturated heterocycles. The van der Waals surface area contributed by atoms with Crippen molar-refractivity contribution >= 4 is 22.4 Å². The molecule has 0 aliphatic carbocycles. The lowest BCUT2D eigenvalue weighted by molar-refractivity contribution is 0.0594. The highest BCUT2D eigenvalue weighted by Crippen LogP contribution is 2.22. The second kappa shape index (κ2) is 4.41. The Kier molecular flexibility index (Phi) is 3.46. The van der Waals surface area contributed by atoms with E-state index >= 15 is 0 Å². The van der Waals surface area contributed by atoms with Crippen LogP contribution in [-0.2, 0) is 4.74 Å². The Bertz CT molecular complexity index is 334. The smallest absolute Gasteiger partial charge is 0.357 e. The zero-order valence-corrected chi connectivity index (χ0v) is 9.57. The first-order valence-electron chi connectivity index (χ1n) is 4.37. The van der Waals surface area contributed by atoms with E-state index < -0.39 is 0 Å². The third-order valence-corrected chi connectivity index (χ3v) is 2.49. The Morgan fingerprint density at radius 3 is 2.71 bits per heavy atom. The molecule has 4 nitrogen and oxygen atoms in total. The van der Waals surface area contributed by atoms with E-state index in [0.29, 0.717) is 11.7 Å². The fraction of sp³-hybridized carbons (Fsp3) is 0.556. The summed E-state index contributed by atoms with van der Waals surface area (Å²) in [6.07, 6.45) is 0. The van der Waals surface area contributed by atoms with Crippen molar-refractivity contribution < 1.29 is 9.53 Å². The summed E-state index contributed by atoms with van der Waals surface area (Å²) < 4.78 is 4.61. The number of aromatic nitrogens is 1. The van der Waals surface area contributed by atoms with Gasteiger partial charge in [0.25, 0.3) is 0 Å². The molecular weight excluding hydrogens is 200 g/mol. The molecule has 0 spiro atoms. The molecule has 0 bridgehead atoms. The lowest BCUT2D eigenvalue weighted by Gasteiger charge is -2.04. The standard InChI is InChI=1S/C9H14N2O2S/c1-5(2)10-9-11-7(6(3)14-9)8(12)13-4/h5H,1-4H3,(H,10,11). The van der Waals surface area contributed by atoms with Crippen LogP contribution >= 0.6 is 11.3 Å². The average molecular weight is 214 g/mol. The number of esters is 1. The molecule has 1 aromatic rings. The molecular formula is C9H14N2O2S. The molecule has 1 heterocycles. The first kappa shape index (κ1) is 11.0. The van der Waals surface area contributed by atoms with E-state index in [0.717, 1.165) is 10.0 Å². The number of carbonyl (C=O) groups is 1. The summed E-state index contributed by atoms with van der Waals surface area (Å²) in [4.78, 5) is 16.3. The van der Waals surface area contributed by atoms with Gasteiger partial charge < -0.3 is 10.1 Å². The second-order valence-electron chi connectivity index (χ2n) is 3.21. The molecule has 0 aromatic carbocycles. The third-order valence-electron chi connectivity index (χ3n) is 1.59. The monoisotopic (exact) mass is 214 g/mol. The van der Waals surface area contributed by atoms with Gasteiger partial charge >= 0.3 is 5.97 Å².